The molecule has 3 atom stereocenters. The van der Waals surface area contributed by atoms with Crippen molar-refractivity contribution < 1.29 is 17.9 Å². The molecule has 6 rings (SSSR count). The van der Waals surface area contributed by atoms with Gasteiger partial charge in [-0.25, -0.2) is 13.2 Å². The number of hydrogen-bond acceptors (Lipinski definition) is 7. The molecule has 49 heavy (non-hydrogen) atoms. The van der Waals surface area contributed by atoms with Gasteiger partial charge in [0.2, 0.25) is 0 Å². The Balaban J connectivity index is 1.50. The molecule has 4 heterocycles. The molecule has 0 bridgehead atoms. The Morgan fingerprint density at radius 2 is 1.55 bits per heavy atom. The Bertz CT molecular complexity index is 1850. The summed E-state index contributed by atoms with van der Waals surface area (Å²) in [5.74, 6) is 1.46. The molecular formula is C37H45Cl2N5O4S. The number of hydrogen-bond donors (Lipinski definition) is 0. The third-order valence-electron chi connectivity index (χ3n) is 10.4. The first-order chi connectivity index (χ1) is 23.1. The summed E-state index contributed by atoms with van der Waals surface area (Å²) < 4.78 is 30.7. The van der Waals surface area contributed by atoms with Crippen LogP contribution in [0.25, 0.3) is 0 Å². The third kappa shape index (κ3) is 6.57. The van der Waals surface area contributed by atoms with Crippen LogP contribution < -0.4 is 4.74 Å². The van der Waals surface area contributed by atoms with Crippen molar-refractivity contribution in [2.45, 2.75) is 70.5 Å². The van der Waals surface area contributed by atoms with Crippen LogP contribution in [0.1, 0.15) is 70.3 Å². The summed E-state index contributed by atoms with van der Waals surface area (Å²) in [5, 5.41) is 1.19. The van der Waals surface area contributed by atoms with E-state index in [4.69, 9.17) is 37.9 Å². The first-order valence-corrected chi connectivity index (χ1v) is 19.4. The Morgan fingerprint density at radius 1 is 0.959 bits per heavy atom. The fourth-order valence-electron chi connectivity index (χ4n) is 7.34. The minimum Gasteiger partial charge on any atom is -0.493 e. The minimum atomic E-state index is -3.02. The normalized spacial score (nSPS) is 25.8. The molecule has 3 aromatic rings. The van der Waals surface area contributed by atoms with Crippen molar-refractivity contribution in [3.8, 4) is 5.75 Å². The number of rotatable bonds is 6. The van der Waals surface area contributed by atoms with Gasteiger partial charge in [-0.1, -0.05) is 68.2 Å². The molecule has 1 unspecified atom stereocenters. The van der Waals surface area contributed by atoms with E-state index in [0.29, 0.717) is 66.4 Å². The number of aromatic nitrogens is 1. The van der Waals surface area contributed by atoms with E-state index in [9.17, 15) is 8.42 Å². The molecule has 3 aliphatic rings. The lowest BCUT2D eigenvalue weighted by Crippen LogP contribution is -2.61. The standard InChI is InChI=1S/C37H45Cl2N5O4S/c1-7-48-31-22-32(35(2,3)4)40-23-30(31)33-41-36(5,25-8-12-27(38)13-9-25)37(6,26-10-14-28(39)15-11-26)44(33)34(45)43-19-17-42(18-20-43)29-16-21-49(46,47)24-29/h8-15,22-23,29H,7,16-21,24H2,1-6H3/t29?,36-,37+/m0/s1. The van der Waals surface area contributed by atoms with Gasteiger partial charge in [0.15, 0.2) is 9.84 Å². The number of carbonyl (C=O) groups excluding carboxylic acids is 1. The fraction of sp³-hybridized carbons (Fsp3) is 0.486. The number of pyridine rings is 1. The van der Waals surface area contributed by atoms with E-state index >= 15 is 4.79 Å². The predicted octanol–water partition coefficient (Wildman–Crippen LogP) is 6.90. The number of benzene rings is 2. The van der Waals surface area contributed by atoms with Crippen molar-refractivity contribution >= 4 is 44.9 Å². The number of sulfone groups is 1. The molecule has 0 saturated carbocycles. The van der Waals surface area contributed by atoms with Crippen LogP contribution in [0.4, 0.5) is 4.79 Å². The maximum Gasteiger partial charge on any atom is 0.326 e. The number of nitrogens with zero attached hydrogens (tertiary/aromatic N) is 5. The summed E-state index contributed by atoms with van der Waals surface area (Å²) in [4.78, 5) is 31.4. The van der Waals surface area contributed by atoms with Crippen LogP contribution in [0.2, 0.25) is 10.0 Å². The number of urea groups is 1. The van der Waals surface area contributed by atoms with Crippen LogP contribution in [-0.2, 0) is 26.3 Å². The zero-order valence-electron chi connectivity index (χ0n) is 29.0. The van der Waals surface area contributed by atoms with Gasteiger partial charge in [0, 0.05) is 65.6 Å². The lowest BCUT2D eigenvalue weighted by molar-refractivity contribution is 0.0776. The number of amidine groups is 1. The van der Waals surface area contributed by atoms with Gasteiger partial charge in [-0.15, -0.1) is 0 Å². The predicted molar refractivity (Wildman–Crippen MR) is 196 cm³/mol. The lowest BCUT2D eigenvalue weighted by atomic mass is 9.71. The number of halogens is 2. The van der Waals surface area contributed by atoms with E-state index in [0.717, 1.165) is 16.8 Å². The molecule has 2 aromatic carbocycles. The van der Waals surface area contributed by atoms with E-state index in [2.05, 4.69) is 32.6 Å². The van der Waals surface area contributed by atoms with Crippen molar-refractivity contribution in [2.24, 2.45) is 4.99 Å². The smallest absolute Gasteiger partial charge is 0.326 e. The zero-order chi connectivity index (χ0) is 35.4. The minimum absolute atomic E-state index is 0.0140. The van der Waals surface area contributed by atoms with Gasteiger partial charge in [-0.3, -0.25) is 19.8 Å². The van der Waals surface area contributed by atoms with E-state index in [1.807, 2.05) is 78.2 Å². The average molecular weight is 727 g/mol. The highest BCUT2D eigenvalue weighted by Crippen LogP contribution is 2.54. The van der Waals surface area contributed by atoms with Gasteiger partial charge < -0.3 is 9.64 Å². The molecule has 0 radical (unpaired) electrons. The second-order valence-electron chi connectivity index (χ2n) is 14.5. The van der Waals surface area contributed by atoms with Crippen LogP contribution in [0.5, 0.6) is 5.75 Å². The molecule has 3 aliphatic heterocycles. The first kappa shape index (κ1) is 35.6. The molecule has 12 heteroatoms. The summed E-state index contributed by atoms with van der Waals surface area (Å²) in [6.45, 7) is 14.8. The van der Waals surface area contributed by atoms with Crippen molar-refractivity contribution in [2.75, 3.05) is 44.3 Å². The number of ether oxygens (including phenoxy) is 1. The number of aliphatic imine (C=N–C) groups is 1. The number of amides is 2. The van der Waals surface area contributed by atoms with Gasteiger partial charge in [0.25, 0.3) is 0 Å². The maximum absolute atomic E-state index is 15.2. The Labute approximate surface area is 300 Å². The molecule has 0 N–H and O–H groups in total. The molecular weight excluding hydrogens is 681 g/mol. The van der Waals surface area contributed by atoms with Crippen molar-refractivity contribution in [1.29, 1.82) is 0 Å². The van der Waals surface area contributed by atoms with Gasteiger partial charge in [0.1, 0.15) is 22.7 Å². The van der Waals surface area contributed by atoms with Crippen molar-refractivity contribution in [3.63, 3.8) is 0 Å². The Morgan fingerprint density at radius 3 is 2.08 bits per heavy atom. The summed E-state index contributed by atoms with van der Waals surface area (Å²) in [6, 6.07) is 16.9. The lowest BCUT2D eigenvalue weighted by Gasteiger charge is -2.47. The van der Waals surface area contributed by atoms with Crippen LogP contribution in [0.15, 0.2) is 65.8 Å². The maximum atomic E-state index is 15.2. The Kier molecular flexibility index (Phi) is 9.58. The highest BCUT2D eigenvalue weighted by atomic mass is 35.5. The SMILES string of the molecule is CCOc1cc(C(C)(C)C)ncc1C1=N[C@@](C)(c2ccc(Cl)cc2)[C@@](C)(c2ccc(Cl)cc2)N1C(=O)N1CCN(C2CCS(=O)(=O)C2)CC1. The van der Waals surface area contributed by atoms with Gasteiger partial charge in [-0.2, -0.15) is 0 Å². The second kappa shape index (κ2) is 13.2. The molecule has 2 saturated heterocycles. The van der Waals surface area contributed by atoms with E-state index in [1.54, 1.807) is 6.20 Å². The molecule has 1 aromatic heterocycles. The quantitative estimate of drug-likeness (QED) is 0.274. The largest absolute Gasteiger partial charge is 0.493 e. The summed E-state index contributed by atoms with van der Waals surface area (Å²) in [5.41, 5.74) is 0.965. The Hall–Kier alpha value is -3.18. The summed E-state index contributed by atoms with van der Waals surface area (Å²) in [6.07, 6.45) is 2.41. The number of piperazine rings is 1. The van der Waals surface area contributed by atoms with Crippen molar-refractivity contribution in [3.05, 3.63) is 93.2 Å². The topological polar surface area (TPSA) is 95.4 Å². The monoisotopic (exact) mass is 725 g/mol. The van der Waals surface area contributed by atoms with Crippen LogP contribution in [0, 0.1) is 0 Å². The molecule has 2 fully saturated rings. The molecule has 0 aliphatic carbocycles. The molecule has 2 amide bonds. The molecule has 262 valence electrons. The third-order valence-corrected chi connectivity index (χ3v) is 12.7. The fourth-order valence-corrected chi connectivity index (χ4v) is 9.35. The van der Waals surface area contributed by atoms with E-state index in [-0.39, 0.29) is 29.0 Å². The van der Waals surface area contributed by atoms with Gasteiger partial charge in [-0.05, 0) is 62.6 Å². The molecule has 9 nitrogen and oxygen atoms in total. The van der Waals surface area contributed by atoms with Gasteiger partial charge >= 0.3 is 6.03 Å². The van der Waals surface area contributed by atoms with Crippen LogP contribution >= 0.6 is 23.2 Å². The van der Waals surface area contributed by atoms with Crippen molar-refractivity contribution in [1.82, 2.24) is 19.7 Å². The zero-order valence-corrected chi connectivity index (χ0v) is 31.4. The summed E-state index contributed by atoms with van der Waals surface area (Å²) in [7, 11) is -3.02. The average Bonchev–Trinajstić information content (AvgIpc) is 3.55. The van der Waals surface area contributed by atoms with Gasteiger partial charge in [0.05, 0.1) is 23.7 Å². The highest BCUT2D eigenvalue weighted by molar-refractivity contribution is 7.91. The van der Waals surface area contributed by atoms with E-state index < -0.39 is 20.9 Å². The highest BCUT2D eigenvalue weighted by Gasteiger charge is 2.60. The number of carbonyl (C=O) groups is 1. The second-order valence-corrected chi connectivity index (χ2v) is 17.6. The molecule has 0 spiro atoms. The summed E-state index contributed by atoms with van der Waals surface area (Å²) >= 11 is 12.8. The first-order valence-electron chi connectivity index (χ1n) is 16.9. The van der Waals surface area contributed by atoms with Crippen LogP contribution in [-0.4, -0.2) is 90.3 Å². The van der Waals surface area contributed by atoms with E-state index in [1.165, 1.54) is 0 Å². The van der Waals surface area contributed by atoms with Crippen LogP contribution in [0.3, 0.4) is 0 Å².